The Labute approximate surface area is 108 Å². The third-order valence-corrected chi connectivity index (χ3v) is 3.41. The van der Waals surface area contributed by atoms with Crippen LogP contribution in [0.15, 0.2) is 55.3 Å². The van der Waals surface area contributed by atoms with Gasteiger partial charge in [-0.05, 0) is 37.3 Å². The highest BCUT2D eigenvalue weighted by molar-refractivity contribution is 5.82. The van der Waals surface area contributed by atoms with E-state index in [9.17, 15) is 4.79 Å². The summed E-state index contributed by atoms with van der Waals surface area (Å²) in [5.41, 5.74) is 0.831. The lowest BCUT2D eigenvalue weighted by Gasteiger charge is -2.21. The van der Waals surface area contributed by atoms with Gasteiger partial charge in [-0.3, -0.25) is 4.79 Å². The van der Waals surface area contributed by atoms with Crippen LogP contribution in [0.3, 0.4) is 0 Å². The predicted molar refractivity (Wildman–Crippen MR) is 71.9 cm³/mol. The van der Waals surface area contributed by atoms with Crippen molar-refractivity contribution in [1.82, 2.24) is 0 Å². The first kappa shape index (κ1) is 12.6. The van der Waals surface area contributed by atoms with E-state index in [1.807, 2.05) is 24.3 Å². The maximum atomic E-state index is 11.8. The Morgan fingerprint density at radius 2 is 2.06 bits per heavy atom. The SMILES string of the molecule is C=CCC1(CCCc2ccccc2)C=COC1=O. The second kappa shape index (κ2) is 5.67. The molecule has 0 aromatic heterocycles. The third kappa shape index (κ3) is 2.70. The molecule has 1 unspecified atom stereocenters. The van der Waals surface area contributed by atoms with E-state index in [-0.39, 0.29) is 5.97 Å². The first-order valence-electron chi connectivity index (χ1n) is 6.30. The molecule has 1 aromatic rings. The van der Waals surface area contributed by atoms with Crippen LogP contribution in [-0.2, 0) is 16.0 Å². The van der Waals surface area contributed by atoms with Crippen LogP contribution < -0.4 is 0 Å². The lowest BCUT2D eigenvalue weighted by molar-refractivity contribution is -0.144. The van der Waals surface area contributed by atoms with E-state index in [0.717, 1.165) is 19.3 Å². The van der Waals surface area contributed by atoms with Crippen LogP contribution in [-0.4, -0.2) is 5.97 Å². The molecular weight excluding hydrogens is 224 g/mol. The Morgan fingerprint density at radius 3 is 2.67 bits per heavy atom. The number of rotatable bonds is 6. The van der Waals surface area contributed by atoms with Gasteiger partial charge in [0.15, 0.2) is 0 Å². The molecule has 1 aliphatic rings. The molecule has 18 heavy (non-hydrogen) atoms. The summed E-state index contributed by atoms with van der Waals surface area (Å²) in [6.45, 7) is 3.73. The van der Waals surface area contributed by atoms with Crippen molar-refractivity contribution in [3.8, 4) is 0 Å². The zero-order valence-corrected chi connectivity index (χ0v) is 10.5. The van der Waals surface area contributed by atoms with Gasteiger partial charge in [-0.25, -0.2) is 0 Å². The Balaban J connectivity index is 1.93. The van der Waals surface area contributed by atoms with Gasteiger partial charge in [0, 0.05) is 0 Å². The lowest BCUT2D eigenvalue weighted by atomic mass is 9.80. The molecule has 0 radical (unpaired) electrons. The summed E-state index contributed by atoms with van der Waals surface area (Å²) in [4.78, 5) is 11.8. The zero-order valence-electron chi connectivity index (χ0n) is 10.5. The molecule has 2 nitrogen and oxygen atoms in total. The maximum Gasteiger partial charge on any atom is 0.321 e. The number of aryl methyl sites for hydroxylation is 1. The fourth-order valence-corrected chi connectivity index (χ4v) is 2.36. The largest absolute Gasteiger partial charge is 0.434 e. The molecule has 0 amide bonds. The minimum Gasteiger partial charge on any atom is -0.434 e. The van der Waals surface area contributed by atoms with Gasteiger partial charge in [-0.15, -0.1) is 6.58 Å². The normalized spacial score (nSPS) is 21.9. The van der Waals surface area contributed by atoms with Gasteiger partial charge >= 0.3 is 5.97 Å². The van der Waals surface area contributed by atoms with Gasteiger partial charge in [-0.2, -0.15) is 0 Å². The van der Waals surface area contributed by atoms with Gasteiger partial charge < -0.3 is 4.74 Å². The van der Waals surface area contributed by atoms with Crippen molar-refractivity contribution >= 4 is 5.97 Å². The highest BCUT2D eigenvalue weighted by Gasteiger charge is 2.39. The molecular formula is C16H18O2. The summed E-state index contributed by atoms with van der Waals surface area (Å²) in [7, 11) is 0. The topological polar surface area (TPSA) is 26.3 Å². The van der Waals surface area contributed by atoms with Crippen LogP contribution in [0, 0.1) is 5.41 Å². The van der Waals surface area contributed by atoms with Crippen molar-refractivity contribution < 1.29 is 9.53 Å². The zero-order chi connectivity index (χ0) is 12.8. The van der Waals surface area contributed by atoms with E-state index in [4.69, 9.17) is 4.74 Å². The van der Waals surface area contributed by atoms with Gasteiger partial charge in [-0.1, -0.05) is 36.4 Å². The average molecular weight is 242 g/mol. The van der Waals surface area contributed by atoms with Crippen molar-refractivity contribution in [2.75, 3.05) is 0 Å². The Bertz CT molecular complexity index is 447. The molecule has 2 heteroatoms. The first-order valence-corrected chi connectivity index (χ1v) is 6.30. The van der Waals surface area contributed by atoms with Gasteiger partial charge in [0.1, 0.15) is 0 Å². The summed E-state index contributed by atoms with van der Waals surface area (Å²) >= 11 is 0. The quantitative estimate of drug-likeness (QED) is 0.562. The Kier molecular flexibility index (Phi) is 3.98. The minimum atomic E-state index is -0.476. The molecule has 0 fully saturated rings. The molecule has 94 valence electrons. The molecule has 1 aliphatic heterocycles. The van der Waals surface area contributed by atoms with E-state index in [1.54, 1.807) is 6.08 Å². The number of hydrogen-bond donors (Lipinski definition) is 0. The summed E-state index contributed by atoms with van der Waals surface area (Å²) in [5, 5.41) is 0. The molecule has 2 rings (SSSR count). The van der Waals surface area contributed by atoms with Crippen molar-refractivity contribution in [2.24, 2.45) is 5.41 Å². The second-order valence-electron chi connectivity index (χ2n) is 4.70. The number of carbonyl (C=O) groups excluding carboxylic acids is 1. The monoisotopic (exact) mass is 242 g/mol. The van der Waals surface area contributed by atoms with Crippen molar-refractivity contribution in [1.29, 1.82) is 0 Å². The highest BCUT2D eigenvalue weighted by Crippen LogP contribution is 2.36. The van der Waals surface area contributed by atoms with Crippen LogP contribution >= 0.6 is 0 Å². The summed E-state index contributed by atoms with van der Waals surface area (Å²) in [6.07, 6.45) is 8.59. The second-order valence-corrected chi connectivity index (χ2v) is 4.70. The number of benzene rings is 1. The van der Waals surface area contributed by atoms with Crippen LogP contribution in [0.1, 0.15) is 24.8 Å². The van der Waals surface area contributed by atoms with Crippen LogP contribution in [0.2, 0.25) is 0 Å². The van der Waals surface area contributed by atoms with E-state index in [0.29, 0.717) is 6.42 Å². The first-order chi connectivity index (χ1) is 8.77. The van der Waals surface area contributed by atoms with E-state index in [1.165, 1.54) is 11.8 Å². The Hall–Kier alpha value is -1.83. The predicted octanol–water partition coefficient (Wildman–Crippen LogP) is 3.64. The lowest BCUT2D eigenvalue weighted by Crippen LogP contribution is -2.25. The molecule has 0 saturated heterocycles. The number of cyclic esters (lactones) is 1. The van der Waals surface area contributed by atoms with Crippen LogP contribution in [0.4, 0.5) is 0 Å². The minimum absolute atomic E-state index is 0.143. The van der Waals surface area contributed by atoms with E-state index in [2.05, 4.69) is 18.7 Å². The standard InChI is InChI=1S/C16H18O2/c1-2-10-16(12-13-18-15(16)17)11-6-9-14-7-4-3-5-8-14/h2-5,7-8,12-13H,1,6,9-11H2. The number of ether oxygens (including phenoxy) is 1. The molecule has 0 bridgehead atoms. The fraction of sp³-hybridized carbons (Fsp3) is 0.312. The molecule has 0 saturated carbocycles. The molecule has 0 N–H and O–H groups in total. The maximum absolute atomic E-state index is 11.8. The number of hydrogen-bond acceptors (Lipinski definition) is 2. The van der Waals surface area contributed by atoms with Gasteiger partial charge in [0.25, 0.3) is 0 Å². The third-order valence-electron chi connectivity index (χ3n) is 3.41. The van der Waals surface area contributed by atoms with Crippen molar-refractivity contribution in [3.63, 3.8) is 0 Å². The van der Waals surface area contributed by atoms with E-state index < -0.39 is 5.41 Å². The van der Waals surface area contributed by atoms with Crippen LogP contribution in [0.5, 0.6) is 0 Å². The summed E-state index contributed by atoms with van der Waals surface area (Å²) < 4.78 is 4.96. The molecule has 0 spiro atoms. The average Bonchev–Trinajstić information content (AvgIpc) is 2.73. The van der Waals surface area contributed by atoms with Gasteiger partial charge in [0.2, 0.25) is 0 Å². The number of carbonyl (C=O) groups is 1. The molecule has 0 aliphatic carbocycles. The molecule has 1 heterocycles. The number of esters is 1. The fourth-order valence-electron chi connectivity index (χ4n) is 2.36. The molecule has 1 aromatic carbocycles. The molecule has 1 atom stereocenters. The summed E-state index contributed by atoms with van der Waals surface area (Å²) in [5.74, 6) is -0.143. The highest BCUT2D eigenvalue weighted by atomic mass is 16.5. The van der Waals surface area contributed by atoms with E-state index >= 15 is 0 Å². The van der Waals surface area contributed by atoms with Crippen LogP contribution in [0.25, 0.3) is 0 Å². The number of allylic oxidation sites excluding steroid dienone is 1. The van der Waals surface area contributed by atoms with Gasteiger partial charge in [0.05, 0.1) is 11.7 Å². The smallest absolute Gasteiger partial charge is 0.321 e. The Morgan fingerprint density at radius 1 is 1.28 bits per heavy atom. The van der Waals surface area contributed by atoms with Crippen molar-refractivity contribution in [3.05, 3.63) is 60.9 Å². The van der Waals surface area contributed by atoms with Crippen molar-refractivity contribution in [2.45, 2.75) is 25.7 Å². The summed E-state index contributed by atoms with van der Waals surface area (Å²) in [6, 6.07) is 10.3.